The maximum Gasteiger partial charge on any atom is 0.214 e. The van der Waals surface area contributed by atoms with Gasteiger partial charge in [0.2, 0.25) is 10.0 Å². The SMILES string of the molecule is CC1CN(C)CCN1S(=O)(=O)CCc1ccccc1. The van der Waals surface area contributed by atoms with Crippen molar-refractivity contribution in [1.29, 1.82) is 0 Å². The van der Waals surface area contributed by atoms with E-state index in [0.717, 1.165) is 18.7 Å². The molecule has 19 heavy (non-hydrogen) atoms. The Kier molecular flexibility index (Phi) is 4.60. The van der Waals surface area contributed by atoms with Crippen LogP contribution in [0.5, 0.6) is 0 Å². The van der Waals surface area contributed by atoms with Gasteiger partial charge in [-0.15, -0.1) is 0 Å². The zero-order valence-corrected chi connectivity index (χ0v) is 12.4. The van der Waals surface area contributed by atoms with Crippen molar-refractivity contribution in [3.8, 4) is 0 Å². The van der Waals surface area contributed by atoms with Crippen molar-refractivity contribution in [3.05, 3.63) is 35.9 Å². The Hall–Kier alpha value is -0.910. The predicted octanol–water partition coefficient (Wildman–Crippen LogP) is 1.19. The summed E-state index contributed by atoms with van der Waals surface area (Å²) >= 11 is 0. The molecule has 0 aliphatic carbocycles. The maximum absolute atomic E-state index is 12.4. The molecular weight excluding hydrogens is 260 g/mol. The van der Waals surface area contributed by atoms with Gasteiger partial charge < -0.3 is 4.90 Å². The molecule has 0 N–H and O–H groups in total. The first-order chi connectivity index (χ1) is 8.99. The third-order valence-electron chi connectivity index (χ3n) is 3.62. The average Bonchev–Trinajstić information content (AvgIpc) is 2.37. The highest BCUT2D eigenvalue weighted by Crippen LogP contribution is 2.14. The zero-order valence-electron chi connectivity index (χ0n) is 11.6. The van der Waals surface area contributed by atoms with Crippen molar-refractivity contribution in [2.75, 3.05) is 32.4 Å². The number of likely N-dealkylation sites (N-methyl/N-ethyl adjacent to an activating group) is 1. The molecular formula is C14H22N2O2S. The summed E-state index contributed by atoms with van der Waals surface area (Å²) in [4.78, 5) is 2.17. The van der Waals surface area contributed by atoms with E-state index in [-0.39, 0.29) is 11.8 Å². The van der Waals surface area contributed by atoms with Gasteiger partial charge in [-0.2, -0.15) is 4.31 Å². The lowest BCUT2D eigenvalue weighted by molar-refractivity contribution is 0.170. The summed E-state index contributed by atoms with van der Waals surface area (Å²) in [5.74, 6) is 0.199. The van der Waals surface area contributed by atoms with Crippen LogP contribution in [-0.2, 0) is 16.4 Å². The average molecular weight is 282 g/mol. The molecule has 1 fully saturated rings. The molecule has 1 aromatic rings. The Bertz CT molecular complexity index is 501. The van der Waals surface area contributed by atoms with Crippen LogP contribution in [0.1, 0.15) is 12.5 Å². The van der Waals surface area contributed by atoms with E-state index in [2.05, 4.69) is 4.90 Å². The van der Waals surface area contributed by atoms with Crippen molar-refractivity contribution in [1.82, 2.24) is 9.21 Å². The number of benzene rings is 1. The summed E-state index contributed by atoms with van der Waals surface area (Å²) in [7, 11) is -1.12. The number of nitrogens with zero attached hydrogens (tertiary/aromatic N) is 2. The number of rotatable bonds is 4. The molecule has 4 nitrogen and oxygen atoms in total. The molecule has 106 valence electrons. The second-order valence-electron chi connectivity index (χ2n) is 5.27. The first-order valence-corrected chi connectivity index (χ1v) is 8.32. The van der Waals surface area contributed by atoms with Gasteiger partial charge in [0.25, 0.3) is 0 Å². The third-order valence-corrected chi connectivity index (χ3v) is 5.60. The van der Waals surface area contributed by atoms with Crippen LogP contribution < -0.4 is 0 Å². The van der Waals surface area contributed by atoms with E-state index in [0.29, 0.717) is 13.0 Å². The van der Waals surface area contributed by atoms with Crippen LogP contribution in [0, 0.1) is 0 Å². The molecule has 2 rings (SSSR count). The zero-order chi connectivity index (χ0) is 13.9. The molecule has 0 spiro atoms. The topological polar surface area (TPSA) is 40.6 Å². The van der Waals surface area contributed by atoms with E-state index < -0.39 is 10.0 Å². The van der Waals surface area contributed by atoms with Crippen LogP contribution in [0.3, 0.4) is 0 Å². The van der Waals surface area contributed by atoms with Crippen LogP contribution in [0.15, 0.2) is 30.3 Å². The Morgan fingerprint density at radius 3 is 2.53 bits per heavy atom. The van der Waals surface area contributed by atoms with Gasteiger partial charge in [0.05, 0.1) is 5.75 Å². The quantitative estimate of drug-likeness (QED) is 0.833. The Morgan fingerprint density at radius 1 is 1.21 bits per heavy atom. The standard InChI is InChI=1S/C14H22N2O2S/c1-13-12-15(2)9-10-16(13)19(17,18)11-8-14-6-4-3-5-7-14/h3-7,13H,8-12H2,1-2H3. The Balaban J connectivity index is 1.98. The predicted molar refractivity (Wildman–Crippen MR) is 77.6 cm³/mol. The molecule has 1 aromatic carbocycles. The molecule has 1 aliphatic rings. The summed E-state index contributed by atoms with van der Waals surface area (Å²) in [6, 6.07) is 9.85. The Morgan fingerprint density at radius 2 is 1.89 bits per heavy atom. The number of hydrogen-bond acceptors (Lipinski definition) is 3. The van der Waals surface area contributed by atoms with Gasteiger partial charge in [0.1, 0.15) is 0 Å². The summed E-state index contributed by atoms with van der Waals surface area (Å²) in [5, 5.41) is 0. The van der Waals surface area contributed by atoms with E-state index in [1.54, 1.807) is 4.31 Å². The minimum Gasteiger partial charge on any atom is -0.303 e. The van der Waals surface area contributed by atoms with E-state index in [1.807, 2.05) is 44.3 Å². The van der Waals surface area contributed by atoms with Gasteiger partial charge in [-0.1, -0.05) is 30.3 Å². The highest BCUT2D eigenvalue weighted by molar-refractivity contribution is 7.89. The molecule has 0 saturated carbocycles. The summed E-state index contributed by atoms with van der Waals surface area (Å²) in [5.41, 5.74) is 1.08. The maximum atomic E-state index is 12.4. The van der Waals surface area contributed by atoms with Gasteiger partial charge in [-0.3, -0.25) is 0 Å². The van der Waals surface area contributed by atoms with Crippen molar-refractivity contribution in [3.63, 3.8) is 0 Å². The number of sulfonamides is 1. The molecule has 0 bridgehead atoms. The molecule has 0 amide bonds. The molecule has 1 heterocycles. The lowest BCUT2D eigenvalue weighted by Gasteiger charge is -2.37. The molecule has 1 aliphatic heterocycles. The van der Waals surface area contributed by atoms with Crippen molar-refractivity contribution >= 4 is 10.0 Å². The monoisotopic (exact) mass is 282 g/mol. The number of piperazine rings is 1. The van der Waals surface area contributed by atoms with Crippen LogP contribution >= 0.6 is 0 Å². The van der Waals surface area contributed by atoms with Gasteiger partial charge in [-0.05, 0) is 26.0 Å². The van der Waals surface area contributed by atoms with Crippen LogP contribution in [0.2, 0.25) is 0 Å². The van der Waals surface area contributed by atoms with E-state index in [1.165, 1.54) is 0 Å². The minimum absolute atomic E-state index is 0.0690. The fourth-order valence-corrected chi connectivity index (χ4v) is 4.25. The molecule has 1 saturated heterocycles. The smallest absolute Gasteiger partial charge is 0.214 e. The normalized spacial score (nSPS) is 22.5. The highest BCUT2D eigenvalue weighted by Gasteiger charge is 2.30. The second-order valence-corrected chi connectivity index (χ2v) is 7.31. The lowest BCUT2D eigenvalue weighted by Crippen LogP contribution is -2.53. The summed E-state index contributed by atoms with van der Waals surface area (Å²) in [6.45, 7) is 4.21. The van der Waals surface area contributed by atoms with Crippen molar-refractivity contribution in [2.45, 2.75) is 19.4 Å². The van der Waals surface area contributed by atoms with Gasteiger partial charge in [0.15, 0.2) is 0 Å². The van der Waals surface area contributed by atoms with Crippen LogP contribution in [0.4, 0.5) is 0 Å². The number of aryl methyl sites for hydroxylation is 1. The summed E-state index contributed by atoms with van der Waals surface area (Å²) in [6.07, 6.45) is 0.586. The van der Waals surface area contributed by atoms with E-state index in [4.69, 9.17) is 0 Å². The molecule has 5 heteroatoms. The highest BCUT2D eigenvalue weighted by atomic mass is 32.2. The number of hydrogen-bond donors (Lipinski definition) is 0. The summed E-state index contributed by atoms with van der Waals surface area (Å²) < 4.78 is 26.4. The van der Waals surface area contributed by atoms with Crippen molar-refractivity contribution in [2.24, 2.45) is 0 Å². The molecule has 1 atom stereocenters. The minimum atomic E-state index is -3.15. The van der Waals surface area contributed by atoms with E-state index in [9.17, 15) is 8.42 Å². The molecule has 0 radical (unpaired) electrons. The second kappa shape index (κ2) is 6.03. The van der Waals surface area contributed by atoms with Gasteiger partial charge in [0, 0.05) is 25.7 Å². The Labute approximate surface area is 116 Å². The molecule has 0 aromatic heterocycles. The third kappa shape index (κ3) is 3.78. The fraction of sp³-hybridized carbons (Fsp3) is 0.571. The fourth-order valence-electron chi connectivity index (χ4n) is 2.55. The van der Waals surface area contributed by atoms with Gasteiger partial charge >= 0.3 is 0 Å². The van der Waals surface area contributed by atoms with Crippen LogP contribution in [-0.4, -0.2) is 56.1 Å². The first-order valence-electron chi connectivity index (χ1n) is 6.71. The van der Waals surface area contributed by atoms with Crippen molar-refractivity contribution < 1.29 is 8.42 Å². The van der Waals surface area contributed by atoms with Gasteiger partial charge in [-0.25, -0.2) is 8.42 Å². The van der Waals surface area contributed by atoms with E-state index >= 15 is 0 Å². The largest absolute Gasteiger partial charge is 0.303 e. The lowest BCUT2D eigenvalue weighted by atomic mass is 10.2. The van der Waals surface area contributed by atoms with Crippen LogP contribution in [0.25, 0.3) is 0 Å². The first kappa shape index (κ1) is 14.5. The molecule has 1 unspecified atom stereocenters.